The molecule has 40 heavy (non-hydrogen) atoms. The summed E-state index contributed by atoms with van der Waals surface area (Å²) in [6.07, 6.45) is 9.63. The third-order valence-electron chi connectivity index (χ3n) is 6.90. The Morgan fingerprint density at radius 1 is 0.950 bits per heavy atom. The van der Waals surface area contributed by atoms with E-state index in [1.165, 1.54) is 34.0 Å². The lowest BCUT2D eigenvalue weighted by molar-refractivity contribution is -0.121. The van der Waals surface area contributed by atoms with E-state index in [4.69, 9.17) is 14.2 Å². The van der Waals surface area contributed by atoms with Crippen molar-refractivity contribution in [2.75, 3.05) is 51.9 Å². The van der Waals surface area contributed by atoms with Gasteiger partial charge in [0.25, 0.3) is 5.91 Å². The van der Waals surface area contributed by atoms with Crippen molar-refractivity contribution in [3.8, 4) is 17.2 Å². The number of allylic oxidation sites excluding steroid dienone is 3. The van der Waals surface area contributed by atoms with Gasteiger partial charge >= 0.3 is 0 Å². The lowest BCUT2D eigenvalue weighted by atomic mass is 10.1. The molecule has 3 rings (SSSR count). The maximum Gasteiger partial charge on any atom is 0.258 e. The van der Waals surface area contributed by atoms with Gasteiger partial charge in [0, 0.05) is 37.9 Å². The van der Waals surface area contributed by atoms with Crippen LogP contribution in [-0.4, -0.2) is 57.9 Å². The van der Waals surface area contributed by atoms with Gasteiger partial charge in [0.2, 0.25) is 5.75 Å². The molecule has 1 aliphatic heterocycles. The largest absolute Gasteiger partial charge is 0.493 e. The number of carbonyl (C=O) groups excluding carboxylic acids is 1. The Bertz CT molecular complexity index is 1210. The lowest BCUT2D eigenvalue weighted by Gasteiger charge is -2.36. The van der Waals surface area contributed by atoms with E-state index >= 15 is 0 Å². The Balaban J connectivity index is 1.56. The number of hydrogen-bond donors (Lipinski definition) is 1. The molecule has 1 heterocycles. The average Bonchev–Trinajstić information content (AvgIpc) is 2.92. The zero-order valence-corrected chi connectivity index (χ0v) is 25.2. The Labute approximate surface area is 240 Å². The summed E-state index contributed by atoms with van der Waals surface area (Å²) in [6, 6.07) is 10.2. The van der Waals surface area contributed by atoms with Crippen LogP contribution in [0.2, 0.25) is 0 Å². The Morgan fingerprint density at radius 2 is 1.62 bits per heavy atom. The quantitative estimate of drug-likeness (QED) is 0.250. The molecule has 7 nitrogen and oxygen atoms in total. The Hall–Kier alpha value is -3.71. The van der Waals surface area contributed by atoms with Crippen LogP contribution in [0.25, 0.3) is 6.08 Å². The number of rotatable bonds is 12. The molecule has 0 aromatic heterocycles. The monoisotopic (exact) mass is 547 g/mol. The van der Waals surface area contributed by atoms with Crippen molar-refractivity contribution in [2.45, 2.75) is 47.5 Å². The maximum absolute atomic E-state index is 12.7. The molecule has 216 valence electrons. The molecule has 0 unspecified atom stereocenters. The number of hydrazine groups is 1. The van der Waals surface area contributed by atoms with E-state index in [1.807, 2.05) is 17.1 Å². The fourth-order valence-electron chi connectivity index (χ4n) is 4.68. The molecule has 2 aromatic rings. The number of carbonyl (C=O) groups is 1. The number of amides is 1. The van der Waals surface area contributed by atoms with Crippen LogP contribution in [0, 0.1) is 13.8 Å². The van der Waals surface area contributed by atoms with E-state index in [2.05, 4.69) is 75.3 Å². The first-order valence-corrected chi connectivity index (χ1v) is 13.9. The summed E-state index contributed by atoms with van der Waals surface area (Å²) < 4.78 is 17.2. The van der Waals surface area contributed by atoms with E-state index in [0.717, 1.165) is 44.6 Å². The van der Waals surface area contributed by atoms with E-state index in [0.29, 0.717) is 23.9 Å². The van der Waals surface area contributed by atoms with Crippen LogP contribution in [0.15, 0.2) is 59.7 Å². The van der Waals surface area contributed by atoms with Gasteiger partial charge in [-0.1, -0.05) is 34.9 Å². The molecule has 1 fully saturated rings. The highest BCUT2D eigenvalue weighted by molar-refractivity contribution is 5.91. The van der Waals surface area contributed by atoms with Crippen molar-refractivity contribution < 1.29 is 19.0 Å². The number of nitrogens with zero attached hydrogens (tertiary/aromatic N) is 2. The summed E-state index contributed by atoms with van der Waals surface area (Å²) in [5.74, 6) is 1.48. The summed E-state index contributed by atoms with van der Waals surface area (Å²) in [4.78, 5) is 15.0. The van der Waals surface area contributed by atoms with E-state index in [-0.39, 0.29) is 5.91 Å². The molecular weight excluding hydrogens is 502 g/mol. The summed E-state index contributed by atoms with van der Waals surface area (Å²) in [5, 5.41) is 1.97. The highest BCUT2D eigenvalue weighted by Crippen LogP contribution is 2.39. The van der Waals surface area contributed by atoms with Crippen LogP contribution in [0.4, 0.5) is 5.69 Å². The molecule has 1 amide bonds. The second-order valence-electron chi connectivity index (χ2n) is 10.5. The van der Waals surface area contributed by atoms with Gasteiger partial charge in [-0.3, -0.25) is 10.2 Å². The van der Waals surface area contributed by atoms with Gasteiger partial charge < -0.3 is 19.1 Å². The second-order valence-corrected chi connectivity index (χ2v) is 10.5. The lowest BCUT2D eigenvalue weighted by Crippen LogP contribution is -2.53. The first-order chi connectivity index (χ1) is 19.2. The topological polar surface area (TPSA) is 63.3 Å². The van der Waals surface area contributed by atoms with Crippen molar-refractivity contribution in [1.29, 1.82) is 0 Å². The van der Waals surface area contributed by atoms with Gasteiger partial charge in [0.1, 0.15) is 6.61 Å². The minimum atomic E-state index is -0.174. The molecule has 0 spiro atoms. The number of hydrogen-bond acceptors (Lipinski definition) is 6. The van der Waals surface area contributed by atoms with Crippen LogP contribution in [0.5, 0.6) is 17.2 Å². The van der Waals surface area contributed by atoms with Crippen LogP contribution in [0.1, 0.15) is 50.3 Å². The minimum Gasteiger partial charge on any atom is -0.493 e. The average molecular weight is 548 g/mol. The van der Waals surface area contributed by atoms with Gasteiger partial charge in [-0.25, -0.2) is 5.01 Å². The molecule has 0 radical (unpaired) electrons. The Kier molecular flexibility index (Phi) is 11.7. The minimum absolute atomic E-state index is 0.174. The van der Waals surface area contributed by atoms with Crippen molar-refractivity contribution >= 4 is 17.7 Å². The fraction of sp³-hybridized carbons (Fsp3) is 0.424. The summed E-state index contributed by atoms with van der Waals surface area (Å²) in [7, 11) is 3.19. The highest BCUT2D eigenvalue weighted by Gasteiger charge is 2.19. The van der Waals surface area contributed by atoms with Gasteiger partial charge in [-0.05, 0) is 88.9 Å². The number of ether oxygens (including phenoxy) is 3. The van der Waals surface area contributed by atoms with Gasteiger partial charge in [0.15, 0.2) is 11.5 Å². The molecule has 0 saturated carbocycles. The predicted molar refractivity (Wildman–Crippen MR) is 164 cm³/mol. The highest BCUT2D eigenvalue weighted by atomic mass is 16.5. The molecular formula is C33H45N3O4. The second kappa shape index (κ2) is 15.2. The number of piperazine rings is 1. The number of nitrogens with one attached hydrogen (secondary N) is 1. The zero-order valence-electron chi connectivity index (χ0n) is 25.2. The van der Waals surface area contributed by atoms with Crippen LogP contribution in [0.3, 0.4) is 0 Å². The molecule has 2 aromatic carbocycles. The van der Waals surface area contributed by atoms with E-state index in [1.54, 1.807) is 20.3 Å². The summed E-state index contributed by atoms with van der Waals surface area (Å²) >= 11 is 0. The first-order valence-electron chi connectivity index (χ1n) is 13.9. The first kappa shape index (κ1) is 30.8. The molecule has 1 saturated heterocycles. The van der Waals surface area contributed by atoms with E-state index < -0.39 is 0 Å². The molecule has 7 heteroatoms. The van der Waals surface area contributed by atoms with Crippen molar-refractivity contribution in [1.82, 2.24) is 10.4 Å². The van der Waals surface area contributed by atoms with Crippen molar-refractivity contribution in [3.05, 3.63) is 76.4 Å². The van der Waals surface area contributed by atoms with Crippen LogP contribution >= 0.6 is 0 Å². The van der Waals surface area contributed by atoms with Crippen molar-refractivity contribution in [2.24, 2.45) is 0 Å². The van der Waals surface area contributed by atoms with Crippen molar-refractivity contribution in [3.63, 3.8) is 0 Å². The summed E-state index contributed by atoms with van der Waals surface area (Å²) in [5.41, 5.74) is 10.2. The van der Waals surface area contributed by atoms with Crippen LogP contribution < -0.4 is 24.5 Å². The molecule has 0 aliphatic carbocycles. The normalized spacial score (nSPS) is 14.3. The molecule has 1 aliphatic rings. The van der Waals surface area contributed by atoms with Crippen LogP contribution in [-0.2, 0) is 4.79 Å². The number of benzene rings is 2. The third kappa shape index (κ3) is 9.19. The standard InChI is InChI=1S/C33H45N3O4/c1-24(2)9-8-10-25(3)15-20-40-33-30(38-6)22-28(23-31(33)39-7)12-14-32(37)34-36-18-16-35(17-19-36)29-13-11-26(4)21-27(29)5/h9,11-15,21-23H,8,10,16-20H2,1-7H3,(H,34,37). The Morgan fingerprint density at radius 3 is 2.23 bits per heavy atom. The van der Waals surface area contributed by atoms with Gasteiger partial charge in [0.05, 0.1) is 14.2 Å². The summed E-state index contributed by atoms with van der Waals surface area (Å²) in [6.45, 7) is 14.2. The smallest absolute Gasteiger partial charge is 0.258 e. The number of aryl methyl sites for hydroxylation is 2. The maximum atomic E-state index is 12.7. The van der Waals surface area contributed by atoms with Gasteiger partial charge in [-0.2, -0.15) is 0 Å². The molecule has 0 bridgehead atoms. The number of anilines is 1. The zero-order chi connectivity index (χ0) is 29.1. The van der Waals surface area contributed by atoms with E-state index in [9.17, 15) is 4.79 Å². The molecule has 0 atom stereocenters. The fourth-order valence-corrected chi connectivity index (χ4v) is 4.68. The van der Waals surface area contributed by atoms with Gasteiger partial charge in [-0.15, -0.1) is 0 Å². The third-order valence-corrected chi connectivity index (χ3v) is 6.90. The molecule has 1 N–H and O–H groups in total. The number of methoxy groups -OCH3 is 2. The predicted octanol–water partition coefficient (Wildman–Crippen LogP) is 6.26. The SMILES string of the molecule is COc1cc(C=CC(=O)NN2CCN(c3ccc(C)cc3C)CC2)cc(OC)c1OCC=C(C)CCC=C(C)C.